The third-order valence-corrected chi connectivity index (χ3v) is 4.20. The summed E-state index contributed by atoms with van der Waals surface area (Å²) in [6, 6.07) is 11.3. The van der Waals surface area contributed by atoms with Crippen LogP contribution in [0.3, 0.4) is 0 Å². The average molecular weight is 333 g/mol. The van der Waals surface area contributed by atoms with Crippen LogP contribution in [0.15, 0.2) is 48.8 Å². The molecule has 1 amide bonds. The Morgan fingerprint density at radius 2 is 1.78 bits per heavy atom. The van der Waals surface area contributed by atoms with E-state index in [0.717, 1.165) is 13.1 Å². The number of rotatable bonds is 4. The Morgan fingerprint density at radius 1 is 1.09 bits per heavy atom. The molecule has 1 saturated heterocycles. The first-order valence-electron chi connectivity index (χ1n) is 7.60. The number of ether oxygens (including phenoxy) is 1. The molecule has 0 unspecified atom stereocenters. The maximum atomic E-state index is 12.3. The van der Waals surface area contributed by atoms with Gasteiger partial charge in [0, 0.05) is 44.0 Å². The van der Waals surface area contributed by atoms with E-state index in [1.807, 2.05) is 41.6 Å². The normalized spacial score (nSPS) is 14.7. The van der Waals surface area contributed by atoms with E-state index in [1.165, 1.54) is 5.69 Å². The van der Waals surface area contributed by atoms with Crippen molar-refractivity contribution in [1.82, 2.24) is 4.90 Å². The highest BCUT2D eigenvalue weighted by Crippen LogP contribution is 2.23. The average Bonchev–Trinajstić information content (AvgIpc) is 2.62. The Hall–Kier alpha value is -2.27. The zero-order chi connectivity index (χ0) is 16.1. The maximum Gasteiger partial charge on any atom is 0.260 e. The fourth-order valence-corrected chi connectivity index (χ4v) is 2.79. The van der Waals surface area contributed by atoms with E-state index in [1.54, 1.807) is 12.1 Å². The van der Waals surface area contributed by atoms with Crippen molar-refractivity contribution in [3.05, 3.63) is 53.8 Å². The molecule has 0 spiro atoms. The van der Waals surface area contributed by atoms with Gasteiger partial charge < -0.3 is 14.5 Å². The van der Waals surface area contributed by atoms with Crippen LogP contribution < -0.4 is 14.6 Å². The zero-order valence-corrected chi connectivity index (χ0v) is 13.5. The smallest absolute Gasteiger partial charge is 0.260 e. The topological polar surface area (TPSA) is 46.9 Å². The summed E-state index contributed by atoms with van der Waals surface area (Å²) in [6.07, 6.45) is 3.81. The summed E-state index contributed by atoms with van der Waals surface area (Å²) in [5.74, 6) is 0.535. The fourth-order valence-electron chi connectivity index (χ4n) is 2.60. The van der Waals surface area contributed by atoms with Crippen LogP contribution in [0, 0.1) is 0 Å². The van der Waals surface area contributed by atoms with Crippen molar-refractivity contribution in [2.24, 2.45) is 0 Å². The number of para-hydroxylation sites is 1. The van der Waals surface area contributed by atoms with Crippen molar-refractivity contribution < 1.29 is 14.5 Å². The predicted octanol–water partition coefficient (Wildman–Crippen LogP) is 1.88. The number of pyridine rings is 1. The van der Waals surface area contributed by atoms with E-state index in [0.29, 0.717) is 23.9 Å². The number of benzene rings is 1. The van der Waals surface area contributed by atoms with Crippen LogP contribution in [0.5, 0.6) is 5.75 Å². The van der Waals surface area contributed by atoms with Crippen molar-refractivity contribution in [3.63, 3.8) is 0 Å². The molecule has 0 saturated carbocycles. The molecular formula is C17H19ClN3O2+. The molecule has 120 valence electrons. The van der Waals surface area contributed by atoms with Crippen LogP contribution >= 0.6 is 11.6 Å². The van der Waals surface area contributed by atoms with Gasteiger partial charge in [0.05, 0.1) is 5.02 Å². The van der Waals surface area contributed by atoms with Crippen LogP contribution in [0.4, 0.5) is 5.69 Å². The van der Waals surface area contributed by atoms with Gasteiger partial charge in [0.1, 0.15) is 5.75 Å². The van der Waals surface area contributed by atoms with Crippen LogP contribution in [0.2, 0.25) is 5.02 Å². The molecule has 1 fully saturated rings. The number of nitrogens with zero attached hydrogens (tertiary/aromatic N) is 2. The quantitative estimate of drug-likeness (QED) is 0.859. The van der Waals surface area contributed by atoms with Gasteiger partial charge in [-0.25, -0.2) is 4.98 Å². The van der Waals surface area contributed by atoms with Gasteiger partial charge in [-0.05, 0) is 12.1 Å². The van der Waals surface area contributed by atoms with Crippen LogP contribution in [0.1, 0.15) is 0 Å². The number of aromatic nitrogens is 1. The summed E-state index contributed by atoms with van der Waals surface area (Å²) in [5.41, 5.74) is 1.17. The number of hydrogen-bond donors (Lipinski definition) is 0. The van der Waals surface area contributed by atoms with E-state index in [-0.39, 0.29) is 12.5 Å². The van der Waals surface area contributed by atoms with E-state index < -0.39 is 0 Å². The second-order valence-corrected chi connectivity index (χ2v) is 5.75. The number of nitrogens with one attached hydrogen (secondary N) is 1. The molecule has 1 N–H and O–H groups in total. The zero-order valence-electron chi connectivity index (χ0n) is 12.7. The third kappa shape index (κ3) is 3.93. The fraction of sp³-hybridized carbons (Fsp3) is 0.294. The monoisotopic (exact) mass is 332 g/mol. The molecule has 0 aliphatic carbocycles. The molecule has 2 heterocycles. The summed E-state index contributed by atoms with van der Waals surface area (Å²) in [7, 11) is 0. The molecule has 0 bridgehead atoms. The summed E-state index contributed by atoms with van der Waals surface area (Å²) in [6.45, 7) is 3.06. The summed E-state index contributed by atoms with van der Waals surface area (Å²) in [4.78, 5) is 19.4. The molecule has 23 heavy (non-hydrogen) atoms. The van der Waals surface area contributed by atoms with Crippen molar-refractivity contribution in [2.45, 2.75) is 0 Å². The number of piperazine rings is 1. The lowest BCUT2D eigenvalue weighted by atomic mass is 10.2. The van der Waals surface area contributed by atoms with Crippen LogP contribution in [-0.2, 0) is 4.79 Å². The van der Waals surface area contributed by atoms with Crippen molar-refractivity contribution >= 4 is 23.2 Å². The highest BCUT2D eigenvalue weighted by molar-refractivity contribution is 6.32. The van der Waals surface area contributed by atoms with Gasteiger partial charge in [-0.1, -0.05) is 23.7 Å². The van der Waals surface area contributed by atoms with E-state index in [2.05, 4.69) is 9.88 Å². The van der Waals surface area contributed by atoms with Crippen molar-refractivity contribution in [3.8, 4) is 5.75 Å². The third-order valence-electron chi connectivity index (χ3n) is 3.89. The summed E-state index contributed by atoms with van der Waals surface area (Å²) < 4.78 is 5.52. The second-order valence-electron chi connectivity index (χ2n) is 5.35. The molecule has 1 aliphatic heterocycles. The number of carbonyl (C=O) groups excluding carboxylic acids is 1. The number of amides is 1. The lowest BCUT2D eigenvalue weighted by Crippen LogP contribution is -2.50. The van der Waals surface area contributed by atoms with Gasteiger partial charge in [-0.15, -0.1) is 0 Å². The molecule has 0 radical (unpaired) electrons. The Morgan fingerprint density at radius 3 is 2.48 bits per heavy atom. The predicted molar refractivity (Wildman–Crippen MR) is 88.7 cm³/mol. The highest BCUT2D eigenvalue weighted by atomic mass is 35.5. The Bertz CT molecular complexity index is 658. The number of H-pyrrole nitrogens is 1. The molecule has 1 aromatic carbocycles. The first-order chi connectivity index (χ1) is 11.2. The Balaban J connectivity index is 1.50. The minimum absolute atomic E-state index is 0.00837. The molecule has 1 aromatic heterocycles. The van der Waals surface area contributed by atoms with E-state index >= 15 is 0 Å². The minimum atomic E-state index is -0.00837. The molecular weight excluding hydrogens is 314 g/mol. The van der Waals surface area contributed by atoms with E-state index in [4.69, 9.17) is 16.3 Å². The Kier molecular flexibility index (Phi) is 4.98. The lowest BCUT2D eigenvalue weighted by Gasteiger charge is -2.35. The number of aromatic amines is 1. The van der Waals surface area contributed by atoms with Gasteiger partial charge in [0.25, 0.3) is 5.91 Å². The summed E-state index contributed by atoms with van der Waals surface area (Å²) >= 11 is 6.02. The number of carbonyl (C=O) groups is 1. The van der Waals surface area contributed by atoms with Gasteiger partial charge in [0.15, 0.2) is 19.0 Å². The Labute approximate surface area is 140 Å². The molecule has 0 atom stereocenters. The van der Waals surface area contributed by atoms with Gasteiger partial charge >= 0.3 is 0 Å². The molecule has 6 heteroatoms. The first-order valence-corrected chi connectivity index (χ1v) is 7.98. The minimum Gasteiger partial charge on any atom is -0.482 e. The van der Waals surface area contributed by atoms with Crippen LogP contribution in [0.25, 0.3) is 0 Å². The molecule has 5 nitrogen and oxygen atoms in total. The number of hydrogen-bond acceptors (Lipinski definition) is 3. The van der Waals surface area contributed by atoms with Gasteiger partial charge in [0.2, 0.25) is 0 Å². The van der Waals surface area contributed by atoms with Crippen molar-refractivity contribution in [1.29, 1.82) is 0 Å². The van der Waals surface area contributed by atoms with Crippen LogP contribution in [-0.4, -0.2) is 43.6 Å². The van der Waals surface area contributed by atoms with E-state index in [9.17, 15) is 4.79 Å². The molecule has 3 rings (SSSR count). The lowest BCUT2D eigenvalue weighted by molar-refractivity contribution is -0.377. The largest absolute Gasteiger partial charge is 0.482 e. The number of halogens is 1. The van der Waals surface area contributed by atoms with Crippen molar-refractivity contribution in [2.75, 3.05) is 37.7 Å². The number of anilines is 1. The van der Waals surface area contributed by atoms with Gasteiger partial charge in [-0.3, -0.25) is 4.79 Å². The highest BCUT2D eigenvalue weighted by Gasteiger charge is 2.22. The standard InChI is InChI=1S/C17H18ClN3O2/c18-15-3-1-2-4-16(15)23-13-17(22)21-11-9-20(10-12-21)14-5-7-19-8-6-14/h1-8H,9-13H2/p+1. The van der Waals surface area contributed by atoms with Gasteiger partial charge in [-0.2, -0.15) is 0 Å². The molecule has 1 aliphatic rings. The second kappa shape index (κ2) is 7.33. The maximum absolute atomic E-state index is 12.3. The SMILES string of the molecule is O=C(COc1ccccc1Cl)N1CCN(c2cc[nH+]cc2)CC1. The summed E-state index contributed by atoms with van der Waals surface area (Å²) in [5, 5.41) is 0.519. The first kappa shape index (κ1) is 15.6. The molecule has 2 aromatic rings.